The van der Waals surface area contributed by atoms with E-state index in [0.717, 1.165) is 21.6 Å². The molecule has 2 rings (SSSR count). The molecule has 0 fully saturated rings. The Morgan fingerprint density at radius 2 is 1.58 bits per heavy atom. The van der Waals surface area contributed by atoms with Crippen LogP contribution in [0.2, 0.25) is 0 Å². The highest BCUT2D eigenvalue weighted by Crippen LogP contribution is 2.32. The lowest BCUT2D eigenvalue weighted by Gasteiger charge is -2.13. The first-order valence-electron chi connectivity index (χ1n) is 6.26. The summed E-state index contributed by atoms with van der Waals surface area (Å²) in [4.78, 5) is 25.1. The molecule has 1 aromatic rings. The molecule has 1 aliphatic rings. The summed E-state index contributed by atoms with van der Waals surface area (Å²) in [6.45, 7) is 7.69. The van der Waals surface area contributed by atoms with Gasteiger partial charge in [0.25, 0.3) is 11.8 Å². The monoisotopic (exact) mass is 259 g/mol. The molecule has 0 radical (unpaired) electrons. The van der Waals surface area contributed by atoms with E-state index in [1.165, 1.54) is 0 Å². The first kappa shape index (κ1) is 13.3. The fraction of sp³-hybridized carbons (Fsp3) is 0.333. The first-order chi connectivity index (χ1) is 8.88. The molecule has 0 aromatic heterocycles. The van der Waals surface area contributed by atoms with Crippen molar-refractivity contribution >= 4 is 17.4 Å². The van der Waals surface area contributed by atoms with E-state index in [1.54, 1.807) is 6.92 Å². The van der Waals surface area contributed by atoms with E-state index in [4.69, 9.17) is 0 Å². The molecule has 1 aromatic carbocycles. The lowest BCUT2D eigenvalue weighted by Crippen LogP contribution is -2.31. The van der Waals surface area contributed by atoms with Gasteiger partial charge in [-0.2, -0.15) is 0 Å². The van der Waals surface area contributed by atoms with Gasteiger partial charge in [0.1, 0.15) is 0 Å². The molecule has 0 bridgehead atoms. The molecule has 1 heterocycles. The SMILES string of the molecule is CCN1C(=O)C(O)=C(c2c(C)cc(C)cc2C)C1=O. The van der Waals surface area contributed by atoms with Crippen LogP contribution in [0.4, 0.5) is 0 Å². The number of rotatable bonds is 2. The van der Waals surface area contributed by atoms with Crippen LogP contribution in [0.25, 0.3) is 5.57 Å². The number of hydrogen-bond acceptors (Lipinski definition) is 3. The van der Waals surface area contributed by atoms with Crippen LogP contribution in [0.5, 0.6) is 0 Å². The maximum absolute atomic E-state index is 12.2. The maximum atomic E-state index is 12.2. The van der Waals surface area contributed by atoms with Crippen LogP contribution in [0.15, 0.2) is 17.9 Å². The van der Waals surface area contributed by atoms with Gasteiger partial charge < -0.3 is 5.11 Å². The summed E-state index contributed by atoms with van der Waals surface area (Å²) in [5, 5.41) is 9.97. The van der Waals surface area contributed by atoms with Crippen LogP contribution < -0.4 is 0 Å². The van der Waals surface area contributed by atoms with Gasteiger partial charge in [-0.1, -0.05) is 17.7 Å². The molecule has 0 saturated heterocycles. The summed E-state index contributed by atoms with van der Waals surface area (Å²) in [7, 11) is 0. The molecule has 0 unspecified atom stereocenters. The predicted molar refractivity (Wildman–Crippen MR) is 72.6 cm³/mol. The van der Waals surface area contributed by atoms with E-state index in [1.807, 2.05) is 32.9 Å². The number of aryl methyl sites for hydroxylation is 3. The van der Waals surface area contributed by atoms with E-state index in [0.29, 0.717) is 5.56 Å². The van der Waals surface area contributed by atoms with Crippen molar-refractivity contribution in [2.45, 2.75) is 27.7 Å². The maximum Gasteiger partial charge on any atom is 0.296 e. The Bertz CT molecular complexity index is 591. The molecule has 0 saturated carbocycles. The third-order valence-corrected chi connectivity index (χ3v) is 3.39. The molecular formula is C15H17NO3. The minimum Gasteiger partial charge on any atom is -0.502 e. The highest BCUT2D eigenvalue weighted by Gasteiger charge is 2.39. The first-order valence-corrected chi connectivity index (χ1v) is 6.26. The summed E-state index contributed by atoms with van der Waals surface area (Å²) in [5.41, 5.74) is 3.65. The molecular weight excluding hydrogens is 242 g/mol. The van der Waals surface area contributed by atoms with Crippen LogP contribution in [0, 0.1) is 20.8 Å². The van der Waals surface area contributed by atoms with Crippen molar-refractivity contribution in [1.29, 1.82) is 0 Å². The number of aliphatic hydroxyl groups is 1. The minimum absolute atomic E-state index is 0.127. The quantitative estimate of drug-likeness (QED) is 0.829. The van der Waals surface area contributed by atoms with Gasteiger partial charge in [-0.15, -0.1) is 0 Å². The number of imide groups is 1. The van der Waals surface area contributed by atoms with Gasteiger partial charge in [-0.25, -0.2) is 0 Å². The molecule has 1 N–H and O–H groups in total. The number of amides is 2. The Morgan fingerprint density at radius 3 is 2.00 bits per heavy atom. The van der Waals surface area contributed by atoms with Gasteiger partial charge >= 0.3 is 0 Å². The molecule has 4 nitrogen and oxygen atoms in total. The lowest BCUT2D eigenvalue weighted by molar-refractivity contribution is -0.137. The van der Waals surface area contributed by atoms with Crippen molar-refractivity contribution in [2.24, 2.45) is 0 Å². The highest BCUT2D eigenvalue weighted by molar-refractivity contribution is 6.35. The zero-order chi connectivity index (χ0) is 14.3. The standard InChI is InChI=1S/C15H17NO3/c1-5-16-14(18)12(13(17)15(16)19)11-9(3)6-8(2)7-10(11)4/h6-7,17H,5H2,1-4H3. The van der Waals surface area contributed by atoms with Gasteiger partial charge in [-0.05, 0) is 44.4 Å². The van der Waals surface area contributed by atoms with Crippen molar-refractivity contribution in [3.05, 3.63) is 40.1 Å². The zero-order valence-electron chi connectivity index (χ0n) is 11.6. The molecule has 2 amide bonds. The molecule has 0 atom stereocenters. The average molecular weight is 259 g/mol. The van der Waals surface area contributed by atoms with Crippen LogP contribution in [0.3, 0.4) is 0 Å². The van der Waals surface area contributed by atoms with Gasteiger partial charge in [0.2, 0.25) is 0 Å². The third kappa shape index (κ3) is 1.93. The molecule has 100 valence electrons. The number of aliphatic hydroxyl groups excluding tert-OH is 1. The zero-order valence-corrected chi connectivity index (χ0v) is 11.6. The smallest absolute Gasteiger partial charge is 0.296 e. The normalized spacial score (nSPS) is 15.7. The third-order valence-electron chi connectivity index (χ3n) is 3.39. The molecule has 0 spiro atoms. The highest BCUT2D eigenvalue weighted by atomic mass is 16.3. The predicted octanol–water partition coefficient (Wildman–Crippen LogP) is 2.27. The van der Waals surface area contributed by atoms with Crippen molar-refractivity contribution in [2.75, 3.05) is 6.54 Å². The second-order valence-corrected chi connectivity index (χ2v) is 4.85. The summed E-state index contributed by atoms with van der Waals surface area (Å²) >= 11 is 0. The number of nitrogens with zero attached hydrogens (tertiary/aromatic N) is 1. The Hall–Kier alpha value is -2.10. The van der Waals surface area contributed by atoms with Gasteiger partial charge in [-0.3, -0.25) is 14.5 Å². The summed E-state index contributed by atoms with van der Waals surface area (Å²) in [6, 6.07) is 3.88. The summed E-state index contributed by atoms with van der Waals surface area (Å²) in [6.07, 6.45) is 0. The van der Waals surface area contributed by atoms with E-state index < -0.39 is 17.6 Å². The number of likely N-dealkylation sites (N-methyl/N-ethyl adjacent to an activating group) is 1. The number of hydrogen-bond donors (Lipinski definition) is 1. The number of carbonyl (C=O) groups is 2. The van der Waals surface area contributed by atoms with Gasteiger partial charge in [0.15, 0.2) is 5.76 Å². The Balaban J connectivity index is 2.66. The second-order valence-electron chi connectivity index (χ2n) is 4.85. The van der Waals surface area contributed by atoms with E-state index in [-0.39, 0.29) is 12.1 Å². The molecule has 1 aliphatic heterocycles. The summed E-state index contributed by atoms with van der Waals surface area (Å²) in [5.74, 6) is -1.47. The average Bonchev–Trinajstić information content (AvgIpc) is 2.52. The topological polar surface area (TPSA) is 57.6 Å². The van der Waals surface area contributed by atoms with Crippen molar-refractivity contribution in [1.82, 2.24) is 4.90 Å². The summed E-state index contributed by atoms with van der Waals surface area (Å²) < 4.78 is 0. The van der Waals surface area contributed by atoms with E-state index >= 15 is 0 Å². The molecule has 19 heavy (non-hydrogen) atoms. The van der Waals surface area contributed by atoms with Crippen LogP contribution in [-0.4, -0.2) is 28.4 Å². The number of carbonyl (C=O) groups excluding carboxylic acids is 2. The minimum atomic E-state index is -0.609. The fourth-order valence-electron chi connectivity index (χ4n) is 2.65. The van der Waals surface area contributed by atoms with Crippen LogP contribution in [-0.2, 0) is 9.59 Å². The van der Waals surface area contributed by atoms with Crippen LogP contribution in [0.1, 0.15) is 29.2 Å². The molecule has 0 aliphatic carbocycles. The number of benzene rings is 1. The van der Waals surface area contributed by atoms with Crippen molar-refractivity contribution in [3.63, 3.8) is 0 Å². The van der Waals surface area contributed by atoms with Crippen molar-refractivity contribution in [3.8, 4) is 0 Å². The largest absolute Gasteiger partial charge is 0.502 e. The Morgan fingerprint density at radius 1 is 1.05 bits per heavy atom. The van der Waals surface area contributed by atoms with E-state index in [9.17, 15) is 14.7 Å². The second kappa shape index (κ2) is 4.53. The van der Waals surface area contributed by atoms with Crippen LogP contribution >= 0.6 is 0 Å². The van der Waals surface area contributed by atoms with E-state index in [2.05, 4.69) is 0 Å². The molecule has 4 heteroatoms. The van der Waals surface area contributed by atoms with Crippen molar-refractivity contribution < 1.29 is 14.7 Å². The fourth-order valence-corrected chi connectivity index (χ4v) is 2.65. The Labute approximate surface area is 112 Å². The Kier molecular flexibility index (Phi) is 3.18. The van der Waals surface area contributed by atoms with Gasteiger partial charge in [0, 0.05) is 6.54 Å². The lowest BCUT2D eigenvalue weighted by atomic mass is 9.93. The van der Waals surface area contributed by atoms with Gasteiger partial charge in [0.05, 0.1) is 5.57 Å².